The lowest BCUT2D eigenvalue weighted by atomic mass is 10.3. The second-order valence-electron chi connectivity index (χ2n) is 2.56. The minimum absolute atomic E-state index is 0.0762. The van der Waals surface area contributed by atoms with E-state index in [-0.39, 0.29) is 5.91 Å². The van der Waals surface area contributed by atoms with Crippen LogP contribution in [-0.4, -0.2) is 29.7 Å². The molecule has 0 fully saturated rings. The predicted molar refractivity (Wildman–Crippen MR) is 43.1 cm³/mol. The Morgan fingerprint density at radius 2 is 2.45 bits per heavy atom. The van der Waals surface area contributed by atoms with Crippen molar-refractivity contribution in [2.75, 3.05) is 13.1 Å². The fraction of sp³-hybridized carbons (Fsp3) is 0.714. The van der Waals surface area contributed by atoms with E-state index in [2.05, 4.69) is 5.10 Å². The number of nitrogens with two attached hydrogens (primary N) is 1. The first-order chi connectivity index (χ1) is 5.27. The van der Waals surface area contributed by atoms with Crippen LogP contribution in [0, 0.1) is 0 Å². The predicted octanol–water partition coefficient (Wildman–Crippen LogP) is -0.0566. The van der Waals surface area contributed by atoms with E-state index >= 15 is 0 Å². The van der Waals surface area contributed by atoms with E-state index in [0.717, 1.165) is 12.1 Å². The molecule has 2 N–H and O–H groups in total. The SMILES string of the molecule is CCCN1N=C(CN)CC1=O. The topological polar surface area (TPSA) is 58.7 Å². The molecule has 1 amide bonds. The Bertz CT molecular complexity index is 188. The Labute approximate surface area is 66.0 Å². The molecular formula is C7H13N3O. The van der Waals surface area contributed by atoms with E-state index in [9.17, 15) is 4.79 Å². The highest BCUT2D eigenvalue weighted by Crippen LogP contribution is 2.07. The van der Waals surface area contributed by atoms with Gasteiger partial charge in [-0.2, -0.15) is 5.10 Å². The normalized spacial score (nSPS) is 17.5. The summed E-state index contributed by atoms with van der Waals surface area (Å²) in [6, 6.07) is 0. The van der Waals surface area contributed by atoms with Crippen LogP contribution in [-0.2, 0) is 4.79 Å². The van der Waals surface area contributed by atoms with Crippen LogP contribution in [0.5, 0.6) is 0 Å². The minimum atomic E-state index is 0.0762. The van der Waals surface area contributed by atoms with Gasteiger partial charge in [0.25, 0.3) is 0 Å². The molecule has 0 aromatic heterocycles. The first kappa shape index (κ1) is 8.20. The van der Waals surface area contributed by atoms with Gasteiger partial charge in [-0.3, -0.25) is 4.79 Å². The molecule has 0 aromatic carbocycles. The van der Waals surface area contributed by atoms with Gasteiger partial charge in [0.15, 0.2) is 0 Å². The van der Waals surface area contributed by atoms with Gasteiger partial charge in [0.2, 0.25) is 5.91 Å². The first-order valence-corrected chi connectivity index (χ1v) is 3.84. The maximum absolute atomic E-state index is 11.1. The van der Waals surface area contributed by atoms with Crippen LogP contribution in [0.3, 0.4) is 0 Å². The molecular weight excluding hydrogens is 142 g/mol. The zero-order valence-electron chi connectivity index (χ0n) is 6.71. The summed E-state index contributed by atoms with van der Waals surface area (Å²) >= 11 is 0. The number of nitrogens with zero attached hydrogens (tertiary/aromatic N) is 2. The molecule has 0 aliphatic carbocycles. The second-order valence-corrected chi connectivity index (χ2v) is 2.56. The van der Waals surface area contributed by atoms with E-state index in [0.29, 0.717) is 19.5 Å². The lowest BCUT2D eigenvalue weighted by molar-refractivity contribution is -0.128. The summed E-state index contributed by atoms with van der Waals surface area (Å²) < 4.78 is 0. The maximum Gasteiger partial charge on any atom is 0.248 e. The van der Waals surface area contributed by atoms with E-state index in [1.165, 1.54) is 5.01 Å². The lowest BCUT2D eigenvalue weighted by Gasteiger charge is -2.08. The summed E-state index contributed by atoms with van der Waals surface area (Å²) in [4.78, 5) is 11.1. The van der Waals surface area contributed by atoms with Gasteiger partial charge in [-0.1, -0.05) is 6.92 Å². The second kappa shape index (κ2) is 3.48. The van der Waals surface area contributed by atoms with E-state index in [1.54, 1.807) is 0 Å². The van der Waals surface area contributed by atoms with Gasteiger partial charge < -0.3 is 5.73 Å². The van der Waals surface area contributed by atoms with Crippen molar-refractivity contribution in [2.45, 2.75) is 19.8 Å². The van der Waals surface area contributed by atoms with Gasteiger partial charge in [0.1, 0.15) is 0 Å². The van der Waals surface area contributed by atoms with Crippen molar-refractivity contribution >= 4 is 11.6 Å². The number of hydrogen-bond acceptors (Lipinski definition) is 3. The summed E-state index contributed by atoms with van der Waals surface area (Å²) in [5, 5.41) is 5.55. The van der Waals surface area contributed by atoms with Gasteiger partial charge in [-0.25, -0.2) is 5.01 Å². The van der Waals surface area contributed by atoms with Crippen molar-refractivity contribution < 1.29 is 4.79 Å². The van der Waals surface area contributed by atoms with Crippen molar-refractivity contribution in [3.05, 3.63) is 0 Å². The van der Waals surface area contributed by atoms with Gasteiger partial charge in [0.05, 0.1) is 12.1 Å². The van der Waals surface area contributed by atoms with E-state index in [4.69, 9.17) is 5.73 Å². The van der Waals surface area contributed by atoms with Crippen molar-refractivity contribution in [3.63, 3.8) is 0 Å². The molecule has 0 aromatic rings. The number of rotatable bonds is 3. The number of carbonyl (C=O) groups is 1. The Hall–Kier alpha value is -0.900. The Morgan fingerprint density at radius 3 is 2.91 bits per heavy atom. The highest BCUT2D eigenvalue weighted by molar-refractivity contribution is 6.05. The Morgan fingerprint density at radius 1 is 1.73 bits per heavy atom. The largest absolute Gasteiger partial charge is 0.325 e. The molecule has 0 bridgehead atoms. The number of carbonyl (C=O) groups excluding carboxylic acids is 1. The molecule has 1 rings (SSSR count). The molecule has 1 aliphatic heterocycles. The van der Waals surface area contributed by atoms with Gasteiger partial charge in [-0.15, -0.1) is 0 Å². The van der Waals surface area contributed by atoms with Crippen LogP contribution in [0.1, 0.15) is 19.8 Å². The summed E-state index contributed by atoms with van der Waals surface area (Å²) in [7, 11) is 0. The monoisotopic (exact) mass is 155 g/mol. The molecule has 0 radical (unpaired) electrons. The van der Waals surface area contributed by atoms with Gasteiger partial charge in [0, 0.05) is 13.1 Å². The summed E-state index contributed by atoms with van der Waals surface area (Å²) in [6.07, 6.45) is 1.35. The fourth-order valence-electron chi connectivity index (χ4n) is 1.03. The third-order valence-electron chi connectivity index (χ3n) is 1.58. The quantitative estimate of drug-likeness (QED) is 0.621. The molecule has 4 heteroatoms. The van der Waals surface area contributed by atoms with Crippen LogP contribution in [0.2, 0.25) is 0 Å². The molecule has 11 heavy (non-hydrogen) atoms. The van der Waals surface area contributed by atoms with Crippen molar-refractivity contribution in [2.24, 2.45) is 10.8 Å². The fourth-order valence-corrected chi connectivity index (χ4v) is 1.03. The molecule has 0 atom stereocenters. The molecule has 0 saturated heterocycles. The molecule has 1 aliphatic rings. The van der Waals surface area contributed by atoms with Crippen molar-refractivity contribution in [1.29, 1.82) is 0 Å². The van der Waals surface area contributed by atoms with Gasteiger partial charge in [-0.05, 0) is 6.42 Å². The Kier molecular flexibility index (Phi) is 2.59. The summed E-state index contributed by atoms with van der Waals surface area (Å²) in [5.74, 6) is 0.0762. The highest BCUT2D eigenvalue weighted by atomic mass is 16.2. The molecule has 0 unspecified atom stereocenters. The molecule has 1 heterocycles. The molecule has 62 valence electrons. The third-order valence-corrected chi connectivity index (χ3v) is 1.58. The van der Waals surface area contributed by atoms with Crippen LogP contribution in [0.15, 0.2) is 5.10 Å². The number of hydrazone groups is 1. The Balaban J connectivity index is 2.53. The minimum Gasteiger partial charge on any atom is -0.325 e. The zero-order valence-corrected chi connectivity index (χ0v) is 6.71. The molecule has 0 saturated carbocycles. The van der Waals surface area contributed by atoms with E-state index < -0.39 is 0 Å². The maximum atomic E-state index is 11.1. The van der Waals surface area contributed by atoms with Crippen molar-refractivity contribution in [1.82, 2.24) is 5.01 Å². The molecule has 4 nitrogen and oxygen atoms in total. The van der Waals surface area contributed by atoms with Crippen LogP contribution < -0.4 is 5.73 Å². The van der Waals surface area contributed by atoms with E-state index in [1.807, 2.05) is 6.92 Å². The van der Waals surface area contributed by atoms with Crippen LogP contribution in [0.4, 0.5) is 0 Å². The average molecular weight is 155 g/mol. The number of amides is 1. The highest BCUT2D eigenvalue weighted by Gasteiger charge is 2.21. The van der Waals surface area contributed by atoms with Crippen LogP contribution in [0.25, 0.3) is 0 Å². The number of hydrogen-bond donors (Lipinski definition) is 1. The average Bonchev–Trinajstić information content (AvgIpc) is 2.33. The smallest absolute Gasteiger partial charge is 0.248 e. The van der Waals surface area contributed by atoms with Gasteiger partial charge >= 0.3 is 0 Å². The lowest BCUT2D eigenvalue weighted by Crippen LogP contribution is -2.21. The van der Waals surface area contributed by atoms with Crippen LogP contribution >= 0.6 is 0 Å². The molecule has 0 spiro atoms. The first-order valence-electron chi connectivity index (χ1n) is 3.84. The van der Waals surface area contributed by atoms with Crippen molar-refractivity contribution in [3.8, 4) is 0 Å². The third kappa shape index (κ3) is 1.77. The standard InChI is InChI=1S/C7H13N3O/c1-2-3-10-7(11)4-6(5-8)9-10/h2-5,8H2,1H3. The zero-order chi connectivity index (χ0) is 8.27. The summed E-state index contributed by atoms with van der Waals surface area (Å²) in [6.45, 7) is 3.12. The summed E-state index contributed by atoms with van der Waals surface area (Å²) in [5.41, 5.74) is 6.14.